The van der Waals surface area contributed by atoms with Gasteiger partial charge in [-0.25, -0.2) is 0 Å². The summed E-state index contributed by atoms with van der Waals surface area (Å²) in [5.41, 5.74) is 3.44. The van der Waals surface area contributed by atoms with Crippen LogP contribution in [-0.4, -0.2) is 34.1 Å². The number of hydrogen-bond acceptors (Lipinski definition) is 5. The van der Waals surface area contributed by atoms with Crippen LogP contribution in [0.15, 0.2) is 67.9 Å². The second-order valence-corrected chi connectivity index (χ2v) is 14.8. The number of carbonyl (C=O) groups excluding carboxylic acids is 2. The lowest BCUT2D eigenvalue weighted by molar-refractivity contribution is -0.138. The van der Waals surface area contributed by atoms with Gasteiger partial charge in [0.2, 0.25) is 0 Å². The fourth-order valence-corrected chi connectivity index (χ4v) is 8.00. The maximum atomic E-state index is 13.9. The van der Waals surface area contributed by atoms with Gasteiger partial charge < -0.3 is 14.7 Å². The van der Waals surface area contributed by atoms with Crippen molar-refractivity contribution in [2.45, 2.75) is 65.9 Å². The largest absolute Gasteiger partial charge is 0.486 e. The van der Waals surface area contributed by atoms with Crippen LogP contribution >= 0.6 is 43.5 Å². The molecule has 9 heteroatoms. The first kappa shape index (κ1) is 30.1. The second kappa shape index (κ2) is 11.0. The number of ether oxygens (including phenoxy) is 1. The molecule has 0 spiro atoms. The van der Waals surface area contributed by atoms with Gasteiger partial charge in [0.1, 0.15) is 18.9 Å². The molecule has 1 heterocycles. The summed E-state index contributed by atoms with van der Waals surface area (Å²) in [5, 5.41) is 10.5. The number of ketones is 2. The number of carboxylic acid groups (broad SMARTS) is 1. The molecule has 0 unspecified atom stereocenters. The molecule has 0 amide bonds. The Morgan fingerprint density at radius 3 is 1.95 bits per heavy atom. The number of rotatable bonds is 6. The topological polar surface area (TPSA) is 83.9 Å². The van der Waals surface area contributed by atoms with Crippen molar-refractivity contribution in [2.24, 2.45) is 10.8 Å². The third-order valence-corrected chi connectivity index (χ3v) is 9.55. The molecule has 0 saturated heterocycles. The second-order valence-electron chi connectivity index (χ2n) is 12.7. The number of benzene rings is 2. The molecule has 2 aliphatic carbocycles. The van der Waals surface area contributed by atoms with Crippen LogP contribution in [0.1, 0.15) is 70.4 Å². The van der Waals surface area contributed by atoms with Crippen LogP contribution in [-0.2, 0) is 21.0 Å². The summed E-state index contributed by atoms with van der Waals surface area (Å²) in [5.74, 6) is -1.12. The average molecular weight is 706 g/mol. The number of carbonyl (C=O) groups is 3. The van der Waals surface area contributed by atoms with Gasteiger partial charge in [0.05, 0.1) is 8.95 Å². The summed E-state index contributed by atoms with van der Waals surface area (Å²) >= 11 is 13.7. The molecule has 216 valence electrons. The third kappa shape index (κ3) is 5.93. The molecule has 0 bridgehead atoms. The predicted octanol–water partition coefficient (Wildman–Crippen LogP) is 8.21. The predicted molar refractivity (Wildman–Crippen MR) is 165 cm³/mol. The molecule has 6 nitrogen and oxygen atoms in total. The van der Waals surface area contributed by atoms with Gasteiger partial charge in [-0.3, -0.25) is 14.4 Å². The molecule has 0 saturated carbocycles. The molecule has 41 heavy (non-hydrogen) atoms. The Morgan fingerprint density at radius 1 is 0.951 bits per heavy atom. The van der Waals surface area contributed by atoms with E-state index >= 15 is 0 Å². The summed E-state index contributed by atoms with van der Waals surface area (Å²) in [7, 11) is 0. The molecule has 1 aliphatic heterocycles. The van der Waals surface area contributed by atoms with Gasteiger partial charge in [-0.1, -0.05) is 57.5 Å². The highest BCUT2D eigenvalue weighted by atomic mass is 79.9. The van der Waals surface area contributed by atoms with Crippen LogP contribution < -0.4 is 4.74 Å². The Balaban J connectivity index is 1.65. The zero-order valence-electron chi connectivity index (χ0n) is 23.4. The maximum Gasteiger partial charge on any atom is 0.323 e. The van der Waals surface area contributed by atoms with Crippen molar-refractivity contribution in [3.63, 3.8) is 0 Å². The van der Waals surface area contributed by atoms with Gasteiger partial charge in [-0.15, -0.1) is 0 Å². The van der Waals surface area contributed by atoms with Crippen LogP contribution in [0, 0.1) is 10.8 Å². The van der Waals surface area contributed by atoms with Crippen molar-refractivity contribution in [3.05, 3.63) is 84.0 Å². The lowest BCUT2D eigenvalue weighted by atomic mass is 9.63. The van der Waals surface area contributed by atoms with Crippen LogP contribution in [0.3, 0.4) is 0 Å². The van der Waals surface area contributed by atoms with Gasteiger partial charge in [-0.2, -0.15) is 0 Å². The normalized spacial score (nSPS) is 20.2. The Labute approximate surface area is 262 Å². The van der Waals surface area contributed by atoms with E-state index in [0.717, 1.165) is 11.1 Å². The van der Waals surface area contributed by atoms with E-state index in [4.69, 9.17) is 16.3 Å². The Morgan fingerprint density at radius 2 is 1.46 bits per heavy atom. The molecule has 5 rings (SSSR count). The average Bonchev–Trinajstić information content (AvgIpc) is 2.83. The molecule has 0 atom stereocenters. The summed E-state index contributed by atoms with van der Waals surface area (Å²) in [6.45, 7) is 8.08. The van der Waals surface area contributed by atoms with E-state index in [9.17, 15) is 19.5 Å². The van der Waals surface area contributed by atoms with E-state index in [1.54, 1.807) is 4.90 Å². The van der Waals surface area contributed by atoms with Crippen molar-refractivity contribution in [3.8, 4) is 5.75 Å². The Kier molecular flexibility index (Phi) is 8.07. The first-order valence-electron chi connectivity index (χ1n) is 13.5. The fraction of sp³-hybridized carbons (Fsp3) is 0.406. The number of allylic oxidation sites excluding steroid dienone is 4. The van der Waals surface area contributed by atoms with Crippen molar-refractivity contribution in [1.82, 2.24) is 4.90 Å². The first-order chi connectivity index (χ1) is 19.2. The van der Waals surface area contributed by atoms with E-state index in [0.29, 0.717) is 67.9 Å². The zero-order valence-corrected chi connectivity index (χ0v) is 27.4. The molecule has 3 aliphatic rings. The van der Waals surface area contributed by atoms with E-state index in [2.05, 4.69) is 31.9 Å². The van der Waals surface area contributed by atoms with Crippen LogP contribution in [0.25, 0.3) is 0 Å². The molecular weight excluding hydrogens is 674 g/mol. The SMILES string of the molecule is CC1(C)CC(=O)C2=C(C1)N(CC(=O)O)C1=C(C(=O)CC(C)(C)C1)C2c1cc(Br)c(OCc2ccccc2Cl)c(Br)c1. The van der Waals surface area contributed by atoms with Crippen molar-refractivity contribution in [1.29, 1.82) is 0 Å². The first-order valence-corrected chi connectivity index (χ1v) is 15.5. The monoisotopic (exact) mass is 703 g/mol. The van der Waals surface area contributed by atoms with Crippen LogP contribution in [0.2, 0.25) is 5.02 Å². The van der Waals surface area contributed by atoms with Gasteiger partial charge in [-0.05, 0) is 79.3 Å². The van der Waals surface area contributed by atoms with E-state index in [-0.39, 0.29) is 35.5 Å². The summed E-state index contributed by atoms with van der Waals surface area (Å²) in [6, 6.07) is 11.3. The number of Topliss-reactive ketones (excluding diaryl/α,β-unsaturated/α-hetero) is 2. The number of aliphatic carboxylic acids is 1. The van der Waals surface area contributed by atoms with Gasteiger partial charge in [0.25, 0.3) is 0 Å². The molecule has 0 fully saturated rings. The minimum atomic E-state index is -1.00. The molecule has 1 N–H and O–H groups in total. The zero-order chi connectivity index (χ0) is 29.9. The van der Waals surface area contributed by atoms with E-state index in [1.807, 2.05) is 64.1 Å². The van der Waals surface area contributed by atoms with Crippen LogP contribution in [0.4, 0.5) is 0 Å². The standard InChI is InChI=1S/C32H32Br2ClNO5/c1-31(2)11-22-28(24(37)13-31)27(29-23(36(22)15-26(39)40)12-32(3,4)14-25(29)38)18-9-19(33)30(20(34)10-18)41-16-17-7-5-6-8-21(17)35/h5-10,27H,11-16H2,1-4H3,(H,39,40). The van der Waals surface area contributed by atoms with E-state index < -0.39 is 11.9 Å². The lowest BCUT2D eigenvalue weighted by Crippen LogP contribution is -2.45. The molecule has 2 aromatic rings. The van der Waals surface area contributed by atoms with Crippen molar-refractivity contribution >= 4 is 61.0 Å². The number of hydrogen-bond donors (Lipinski definition) is 1. The Hall–Kier alpha value is -2.42. The maximum absolute atomic E-state index is 13.9. The molecule has 2 aromatic carbocycles. The van der Waals surface area contributed by atoms with Crippen molar-refractivity contribution < 1.29 is 24.2 Å². The molecular formula is C32H32Br2ClNO5. The highest BCUT2D eigenvalue weighted by Gasteiger charge is 2.49. The quantitative estimate of drug-likeness (QED) is 0.326. The van der Waals surface area contributed by atoms with Gasteiger partial charge in [0.15, 0.2) is 11.6 Å². The minimum Gasteiger partial charge on any atom is -0.486 e. The number of carboxylic acids is 1. The summed E-state index contributed by atoms with van der Waals surface area (Å²) in [6.07, 6.45) is 1.75. The highest BCUT2D eigenvalue weighted by molar-refractivity contribution is 9.11. The van der Waals surface area contributed by atoms with E-state index in [1.165, 1.54) is 0 Å². The fourth-order valence-electron chi connectivity index (χ4n) is 6.36. The Bertz CT molecular complexity index is 1460. The third-order valence-electron chi connectivity index (χ3n) is 8.00. The minimum absolute atomic E-state index is 0.0490. The van der Waals surface area contributed by atoms with Crippen LogP contribution in [0.5, 0.6) is 5.75 Å². The number of nitrogens with zero attached hydrogens (tertiary/aromatic N) is 1. The summed E-state index contributed by atoms with van der Waals surface area (Å²) in [4.78, 5) is 41.6. The molecule has 0 radical (unpaired) electrons. The number of halogens is 3. The lowest BCUT2D eigenvalue weighted by Gasteiger charge is -2.48. The summed E-state index contributed by atoms with van der Waals surface area (Å²) < 4.78 is 7.47. The molecule has 0 aromatic heterocycles. The van der Waals surface area contributed by atoms with Crippen molar-refractivity contribution in [2.75, 3.05) is 6.54 Å². The van der Waals surface area contributed by atoms with Gasteiger partial charge >= 0.3 is 5.97 Å². The van der Waals surface area contributed by atoms with Gasteiger partial charge in [0, 0.05) is 51.9 Å². The smallest absolute Gasteiger partial charge is 0.323 e. The highest BCUT2D eigenvalue weighted by Crippen LogP contribution is 2.55.